The summed E-state index contributed by atoms with van der Waals surface area (Å²) >= 11 is 5.87. The predicted octanol–water partition coefficient (Wildman–Crippen LogP) is 3.54. The summed E-state index contributed by atoms with van der Waals surface area (Å²) in [5, 5.41) is 3.36. The number of nitrogens with one attached hydrogen (secondary N) is 1. The van der Waals surface area contributed by atoms with Crippen LogP contribution in [0.15, 0.2) is 53.4 Å². The first-order chi connectivity index (χ1) is 15.8. The number of hydrogen-bond donors (Lipinski definition) is 1. The van der Waals surface area contributed by atoms with Crippen molar-refractivity contribution in [1.29, 1.82) is 0 Å². The average Bonchev–Trinajstić information content (AvgIpc) is 3.36. The van der Waals surface area contributed by atoms with E-state index in [1.54, 1.807) is 24.3 Å². The number of nitrogens with zero attached hydrogens (tertiary/aromatic N) is 2. The smallest absolute Gasteiger partial charge is 0.243 e. The summed E-state index contributed by atoms with van der Waals surface area (Å²) in [7, 11) is -3.68. The van der Waals surface area contributed by atoms with Crippen molar-refractivity contribution >= 4 is 39.1 Å². The molecule has 2 aliphatic heterocycles. The summed E-state index contributed by atoms with van der Waals surface area (Å²) in [6, 6.07) is 13.3. The number of anilines is 1. The number of piperidine rings is 1. The van der Waals surface area contributed by atoms with Gasteiger partial charge in [-0.2, -0.15) is 4.31 Å². The van der Waals surface area contributed by atoms with Crippen molar-refractivity contribution in [1.82, 2.24) is 9.21 Å². The number of benzene rings is 2. The van der Waals surface area contributed by atoms with E-state index in [0.29, 0.717) is 36.5 Å². The van der Waals surface area contributed by atoms with Crippen LogP contribution in [0.3, 0.4) is 0 Å². The van der Waals surface area contributed by atoms with Crippen LogP contribution in [-0.2, 0) is 26.0 Å². The highest BCUT2D eigenvalue weighted by molar-refractivity contribution is 7.89. The lowest BCUT2D eigenvalue weighted by Crippen LogP contribution is -2.43. The zero-order chi connectivity index (χ0) is 23.4. The van der Waals surface area contributed by atoms with Crippen molar-refractivity contribution in [3.63, 3.8) is 0 Å². The average molecular weight is 490 g/mol. The Hall–Kier alpha value is -2.42. The molecule has 1 unspecified atom stereocenters. The Morgan fingerprint density at radius 1 is 0.939 bits per heavy atom. The van der Waals surface area contributed by atoms with Gasteiger partial charge in [-0.3, -0.25) is 9.59 Å². The maximum atomic E-state index is 13.0. The number of hydrogen-bond acceptors (Lipinski definition) is 4. The first kappa shape index (κ1) is 23.7. The van der Waals surface area contributed by atoms with Gasteiger partial charge in [-0.1, -0.05) is 23.7 Å². The molecule has 1 atom stereocenters. The molecule has 7 nitrogen and oxygen atoms in total. The monoisotopic (exact) mass is 489 g/mol. The fraction of sp³-hybridized carbons (Fsp3) is 0.417. The van der Waals surface area contributed by atoms with E-state index in [9.17, 15) is 18.0 Å². The zero-order valence-electron chi connectivity index (χ0n) is 18.4. The molecule has 0 radical (unpaired) electrons. The lowest BCUT2D eigenvalue weighted by atomic mass is 9.98. The fourth-order valence-electron chi connectivity index (χ4n) is 4.33. The van der Waals surface area contributed by atoms with E-state index >= 15 is 0 Å². The van der Waals surface area contributed by atoms with Gasteiger partial charge < -0.3 is 10.2 Å². The third-order valence-corrected chi connectivity index (χ3v) is 8.37. The molecule has 1 N–H and O–H groups in total. The van der Waals surface area contributed by atoms with Gasteiger partial charge in [0.1, 0.15) is 0 Å². The van der Waals surface area contributed by atoms with Crippen LogP contribution in [0.4, 0.5) is 5.69 Å². The second-order valence-electron chi connectivity index (χ2n) is 8.61. The zero-order valence-corrected chi connectivity index (χ0v) is 19.9. The highest BCUT2D eigenvalue weighted by atomic mass is 35.5. The normalized spacial score (nSPS) is 19.4. The quantitative estimate of drug-likeness (QED) is 0.672. The number of carbonyl (C=O) groups excluding carboxylic acids is 2. The molecule has 0 saturated carbocycles. The number of halogens is 1. The number of amides is 2. The Bertz CT molecular complexity index is 1100. The maximum Gasteiger partial charge on any atom is 0.243 e. The van der Waals surface area contributed by atoms with Gasteiger partial charge >= 0.3 is 0 Å². The second-order valence-corrected chi connectivity index (χ2v) is 11.0. The van der Waals surface area contributed by atoms with Crippen LogP contribution in [0.2, 0.25) is 5.02 Å². The van der Waals surface area contributed by atoms with E-state index in [4.69, 9.17) is 11.6 Å². The van der Waals surface area contributed by atoms with E-state index in [1.807, 2.05) is 17.0 Å². The summed E-state index contributed by atoms with van der Waals surface area (Å²) in [6.45, 7) is 2.19. The summed E-state index contributed by atoms with van der Waals surface area (Å²) < 4.78 is 27.3. The number of likely N-dealkylation sites (tertiary alicyclic amines) is 1. The SMILES string of the molecule is O=C(Nc1ccc(CC(=O)N2CCCC2)cc1)C1CCCN(S(=O)(=O)c2ccc(Cl)cc2)C1. The number of carbonyl (C=O) groups is 2. The molecule has 4 rings (SSSR count). The molecule has 0 aliphatic carbocycles. The highest BCUT2D eigenvalue weighted by Gasteiger charge is 2.33. The molecule has 0 aromatic heterocycles. The molecule has 2 heterocycles. The van der Waals surface area contributed by atoms with Crippen LogP contribution in [0.1, 0.15) is 31.2 Å². The third kappa shape index (κ3) is 5.75. The van der Waals surface area contributed by atoms with Crippen molar-refractivity contribution in [3.05, 3.63) is 59.1 Å². The molecular formula is C24H28ClN3O4S. The second kappa shape index (κ2) is 10.2. The van der Waals surface area contributed by atoms with Gasteiger partial charge in [-0.25, -0.2) is 8.42 Å². The van der Waals surface area contributed by atoms with Crippen LogP contribution in [0.5, 0.6) is 0 Å². The van der Waals surface area contributed by atoms with Gasteiger partial charge in [-0.05, 0) is 67.6 Å². The van der Waals surface area contributed by atoms with Crippen LogP contribution < -0.4 is 5.32 Å². The molecule has 2 fully saturated rings. The van der Waals surface area contributed by atoms with Gasteiger partial charge in [0.2, 0.25) is 21.8 Å². The van der Waals surface area contributed by atoms with E-state index < -0.39 is 15.9 Å². The summed E-state index contributed by atoms with van der Waals surface area (Å²) in [5.41, 5.74) is 1.54. The number of rotatable bonds is 6. The molecule has 2 amide bonds. The first-order valence-electron chi connectivity index (χ1n) is 11.3. The Balaban J connectivity index is 1.35. The van der Waals surface area contributed by atoms with Gasteiger partial charge in [0.25, 0.3) is 0 Å². The van der Waals surface area contributed by atoms with Gasteiger partial charge in [-0.15, -0.1) is 0 Å². The molecule has 2 saturated heterocycles. The Morgan fingerprint density at radius 3 is 2.27 bits per heavy atom. The predicted molar refractivity (Wildman–Crippen MR) is 128 cm³/mol. The van der Waals surface area contributed by atoms with Crippen LogP contribution in [-0.4, -0.2) is 55.6 Å². The molecule has 9 heteroatoms. The van der Waals surface area contributed by atoms with Crippen molar-refractivity contribution < 1.29 is 18.0 Å². The third-order valence-electron chi connectivity index (χ3n) is 6.24. The molecule has 0 spiro atoms. The van der Waals surface area contributed by atoms with Gasteiger partial charge in [0.15, 0.2) is 0 Å². The van der Waals surface area contributed by atoms with Crippen molar-refractivity contribution in [3.8, 4) is 0 Å². The van der Waals surface area contributed by atoms with E-state index in [-0.39, 0.29) is 23.3 Å². The molecule has 176 valence electrons. The molecule has 2 aromatic carbocycles. The first-order valence-corrected chi connectivity index (χ1v) is 13.1. The van der Waals surface area contributed by atoms with Crippen molar-refractivity contribution in [2.45, 2.75) is 37.0 Å². The Morgan fingerprint density at radius 2 is 1.61 bits per heavy atom. The van der Waals surface area contributed by atoms with Crippen LogP contribution >= 0.6 is 11.6 Å². The molecular weight excluding hydrogens is 462 g/mol. The lowest BCUT2D eigenvalue weighted by molar-refractivity contribution is -0.129. The fourth-order valence-corrected chi connectivity index (χ4v) is 5.98. The molecule has 33 heavy (non-hydrogen) atoms. The molecule has 2 aromatic rings. The van der Waals surface area contributed by atoms with E-state index in [0.717, 1.165) is 31.5 Å². The largest absolute Gasteiger partial charge is 0.342 e. The van der Waals surface area contributed by atoms with Gasteiger partial charge in [0, 0.05) is 36.9 Å². The summed E-state index contributed by atoms with van der Waals surface area (Å²) in [4.78, 5) is 27.2. The highest BCUT2D eigenvalue weighted by Crippen LogP contribution is 2.26. The Kier molecular flexibility index (Phi) is 7.36. The maximum absolute atomic E-state index is 13.0. The van der Waals surface area contributed by atoms with Gasteiger partial charge in [0.05, 0.1) is 17.2 Å². The van der Waals surface area contributed by atoms with E-state index in [2.05, 4.69) is 5.32 Å². The standard InChI is InChI=1S/C24H28ClN3O4S/c25-20-7-11-22(12-8-20)33(31,32)28-15-3-4-19(17-28)24(30)26-21-9-5-18(6-10-21)16-23(29)27-13-1-2-14-27/h5-12,19H,1-4,13-17H2,(H,26,30). The molecule has 0 bridgehead atoms. The van der Waals surface area contributed by atoms with Crippen LogP contribution in [0.25, 0.3) is 0 Å². The molecule has 2 aliphatic rings. The Labute approximate surface area is 199 Å². The van der Waals surface area contributed by atoms with Crippen LogP contribution in [0, 0.1) is 5.92 Å². The number of sulfonamides is 1. The summed E-state index contributed by atoms with van der Waals surface area (Å²) in [6.07, 6.45) is 3.73. The summed E-state index contributed by atoms with van der Waals surface area (Å²) in [5.74, 6) is -0.502. The topological polar surface area (TPSA) is 86.8 Å². The lowest BCUT2D eigenvalue weighted by Gasteiger charge is -2.31. The minimum absolute atomic E-state index is 0.133. The van der Waals surface area contributed by atoms with E-state index in [1.165, 1.54) is 16.4 Å². The van der Waals surface area contributed by atoms with Crippen molar-refractivity contribution in [2.24, 2.45) is 5.92 Å². The minimum Gasteiger partial charge on any atom is -0.342 e. The minimum atomic E-state index is -3.68. The van der Waals surface area contributed by atoms with Crippen molar-refractivity contribution in [2.75, 3.05) is 31.5 Å².